The minimum absolute atomic E-state index is 0. The summed E-state index contributed by atoms with van der Waals surface area (Å²) in [5, 5.41) is 0. The van der Waals surface area contributed by atoms with E-state index in [0.29, 0.717) is 3.63 Å². The molecule has 0 atom stereocenters. The zero-order valence-corrected chi connectivity index (χ0v) is 31.3. The Morgan fingerprint density at radius 3 is 1.41 bits per heavy atom. The van der Waals surface area contributed by atoms with E-state index in [-0.39, 0.29) is 35.6 Å². The minimum atomic E-state index is -2.75. The maximum absolute atomic E-state index is 2.75. The van der Waals surface area contributed by atoms with Crippen molar-refractivity contribution in [1.82, 2.24) is 0 Å². The summed E-state index contributed by atoms with van der Waals surface area (Å²) < 4.78 is 3.80. The van der Waals surface area contributed by atoms with Crippen molar-refractivity contribution in [1.29, 1.82) is 0 Å². The minimum Gasteiger partial charge on any atom is -1.00 e. The van der Waals surface area contributed by atoms with Crippen molar-refractivity contribution < 1.29 is 46.1 Å². The fourth-order valence-corrected chi connectivity index (χ4v) is 16.6. The van der Waals surface area contributed by atoms with Gasteiger partial charge in [0.05, 0.1) is 0 Å². The SMILES string of the molecule is CC1=CC(C)=[C]([Zr+2](=[C](c2ccccc2)c2ccccc2)[CH]2c3cc(C(C)(C)C)ccc3-c3ccc(C(C)(C)C)cc32)C1.[Cl-].[Cl-]. The normalized spacial score (nSPS) is 14.1. The zero-order valence-electron chi connectivity index (χ0n) is 27.4. The summed E-state index contributed by atoms with van der Waals surface area (Å²) in [7, 11) is 0. The summed E-state index contributed by atoms with van der Waals surface area (Å²) in [6.07, 6.45) is 3.58. The first-order valence-corrected chi connectivity index (χ1v) is 19.3. The van der Waals surface area contributed by atoms with Gasteiger partial charge in [-0.15, -0.1) is 0 Å². The molecular formula is C41H44Cl2Zr. The molecule has 0 heterocycles. The molecule has 2 aliphatic rings. The first-order valence-electron chi connectivity index (χ1n) is 15.4. The summed E-state index contributed by atoms with van der Waals surface area (Å²) in [4.78, 5) is 0. The summed E-state index contributed by atoms with van der Waals surface area (Å²) in [6.45, 7) is 18.8. The van der Waals surface area contributed by atoms with Crippen molar-refractivity contribution in [3.8, 4) is 11.1 Å². The van der Waals surface area contributed by atoms with Gasteiger partial charge in [-0.2, -0.15) is 0 Å². The van der Waals surface area contributed by atoms with Crippen LogP contribution in [0.4, 0.5) is 0 Å². The molecule has 2 aliphatic carbocycles. The van der Waals surface area contributed by atoms with Crippen LogP contribution in [0.25, 0.3) is 11.1 Å². The van der Waals surface area contributed by atoms with Crippen molar-refractivity contribution in [3.05, 3.63) is 151 Å². The van der Waals surface area contributed by atoms with Crippen LogP contribution in [0.15, 0.2) is 118 Å². The Labute approximate surface area is 285 Å². The van der Waals surface area contributed by atoms with Crippen molar-refractivity contribution in [3.63, 3.8) is 0 Å². The van der Waals surface area contributed by atoms with Crippen LogP contribution in [0.2, 0.25) is 0 Å². The fourth-order valence-electron chi connectivity index (χ4n) is 6.90. The van der Waals surface area contributed by atoms with E-state index in [2.05, 4.69) is 159 Å². The Bertz CT molecular complexity index is 1660. The van der Waals surface area contributed by atoms with Crippen LogP contribution < -0.4 is 24.8 Å². The van der Waals surface area contributed by atoms with Gasteiger partial charge in [-0.3, -0.25) is 0 Å². The Balaban J connectivity index is 0.00000221. The van der Waals surface area contributed by atoms with Gasteiger partial charge >= 0.3 is 263 Å². The number of rotatable bonds is 4. The smallest absolute Gasteiger partial charge is 1.00 e. The molecule has 0 radical (unpaired) electrons. The first-order chi connectivity index (χ1) is 19.9. The molecule has 0 aliphatic heterocycles. The molecule has 0 unspecified atom stereocenters. The van der Waals surface area contributed by atoms with Crippen molar-refractivity contribution in [2.45, 2.75) is 76.3 Å². The van der Waals surface area contributed by atoms with E-state index in [4.69, 9.17) is 0 Å². The standard InChI is InChI=1S/C21H25.C13H10.C7H9.2ClH.Zr/c1-20(2,3)16-7-9-18-14(12-16)11-15-13-17(21(4,5)6)8-10-19(15)18;1-3-7-12(8-4-1)11-13-9-5-2-6-10-13;1-6-3-4-7(2)5-6;;;/h7-13H,1-6H3;1-10H;5H,3H2,1-2H3;2*1H;/q;;;;;+2/p-2. The molecule has 0 fully saturated rings. The van der Waals surface area contributed by atoms with E-state index < -0.39 is 21.3 Å². The van der Waals surface area contributed by atoms with Gasteiger partial charge in [-0.1, -0.05) is 0 Å². The second-order valence-electron chi connectivity index (χ2n) is 14.4. The van der Waals surface area contributed by atoms with E-state index >= 15 is 0 Å². The van der Waals surface area contributed by atoms with Gasteiger partial charge < -0.3 is 24.8 Å². The molecule has 0 saturated carbocycles. The second kappa shape index (κ2) is 13.2. The first kappa shape index (κ1) is 34.6. The van der Waals surface area contributed by atoms with Crippen LogP contribution in [0.5, 0.6) is 0 Å². The Kier molecular flexibility index (Phi) is 10.4. The topological polar surface area (TPSA) is 0 Å². The van der Waals surface area contributed by atoms with Crippen molar-refractivity contribution in [2.75, 3.05) is 0 Å². The Hall–Kier alpha value is -2.31. The van der Waals surface area contributed by atoms with Crippen molar-refractivity contribution in [2.24, 2.45) is 0 Å². The molecule has 226 valence electrons. The van der Waals surface area contributed by atoms with Gasteiger partial charge in [-0.05, 0) is 0 Å². The summed E-state index contributed by atoms with van der Waals surface area (Å²) >= 11 is -2.75. The van der Waals surface area contributed by atoms with Gasteiger partial charge in [0, 0.05) is 0 Å². The molecule has 0 bridgehead atoms. The Morgan fingerprint density at radius 1 is 0.614 bits per heavy atom. The maximum atomic E-state index is 2.59. The molecule has 0 amide bonds. The number of benzene rings is 4. The van der Waals surface area contributed by atoms with E-state index in [9.17, 15) is 0 Å². The fraction of sp³-hybridized carbons (Fsp3) is 0.293. The average Bonchev–Trinajstić information content (AvgIpc) is 3.46. The average molecular weight is 699 g/mol. The largest absolute Gasteiger partial charge is 1.00 e. The number of hydrogen-bond donors (Lipinski definition) is 0. The third kappa shape index (κ3) is 6.49. The van der Waals surface area contributed by atoms with E-state index in [1.165, 1.54) is 44.5 Å². The van der Waals surface area contributed by atoms with Gasteiger partial charge in [0.15, 0.2) is 0 Å². The predicted molar refractivity (Wildman–Crippen MR) is 178 cm³/mol. The van der Waals surface area contributed by atoms with Gasteiger partial charge in [0.1, 0.15) is 0 Å². The summed E-state index contributed by atoms with van der Waals surface area (Å²) in [5.41, 5.74) is 14.9. The van der Waals surface area contributed by atoms with Gasteiger partial charge in [-0.25, -0.2) is 0 Å². The summed E-state index contributed by atoms with van der Waals surface area (Å²) in [6, 6.07) is 37.5. The van der Waals surface area contributed by atoms with Crippen molar-refractivity contribution >= 4 is 3.21 Å². The molecule has 0 N–H and O–H groups in total. The zero-order chi connectivity index (χ0) is 29.8. The van der Waals surface area contributed by atoms with E-state index in [0.717, 1.165) is 6.42 Å². The van der Waals surface area contributed by atoms with E-state index in [1.807, 2.05) is 0 Å². The summed E-state index contributed by atoms with van der Waals surface area (Å²) in [5.74, 6) is 0. The molecule has 4 aromatic rings. The molecule has 3 heteroatoms. The molecule has 0 saturated heterocycles. The third-order valence-corrected chi connectivity index (χ3v) is 17.8. The number of halogens is 2. The number of hydrogen-bond acceptors (Lipinski definition) is 0. The van der Waals surface area contributed by atoms with Crippen LogP contribution in [-0.4, -0.2) is 3.21 Å². The van der Waals surface area contributed by atoms with Crippen LogP contribution in [0.1, 0.15) is 98.8 Å². The Morgan fingerprint density at radius 2 is 1.05 bits per heavy atom. The third-order valence-electron chi connectivity index (χ3n) is 9.15. The molecule has 44 heavy (non-hydrogen) atoms. The molecule has 0 nitrogen and oxygen atoms in total. The molecule has 6 rings (SSSR count). The molecule has 0 spiro atoms. The van der Waals surface area contributed by atoms with E-state index in [1.54, 1.807) is 17.6 Å². The van der Waals surface area contributed by atoms with Crippen LogP contribution in [0.3, 0.4) is 0 Å². The van der Waals surface area contributed by atoms with Gasteiger partial charge in [0.25, 0.3) is 0 Å². The van der Waals surface area contributed by atoms with Crippen LogP contribution in [0, 0.1) is 0 Å². The van der Waals surface area contributed by atoms with Crippen LogP contribution in [-0.2, 0) is 32.1 Å². The molecular weight excluding hydrogens is 655 g/mol. The number of fused-ring (bicyclic) bond motifs is 3. The monoisotopic (exact) mass is 696 g/mol. The quantitative estimate of drug-likeness (QED) is 0.286. The van der Waals surface area contributed by atoms with Gasteiger partial charge in [0.2, 0.25) is 0 Å². The molecule has 4 aromatic carbocycles. The number of allylic oxidation sites excluding steroid dienone is 4. The second-order valence-corrected chi connectivity index (χ2v) is 20.6. The maximum Gasteiger partial charge on any atom is -1.00 e. The van der Waals surface area contributed by atoms with Crippen LogP contribution >= 0.6 is 0 Å². The molecule has 0 aromatic heterocycles. The predicted octanol–water partition coefficient (Wildman–Crippen LogP) is 4.87.